The average Bonchev–Trinajstić information content (AvgIpc) is 1.82. The minimum atomic E-state index is -0.140. The summed E-state index contributed by atoms with van der Waals surface area (Å²) in [5.41, 5.74) is 0. The predicted molar refractivity (Wildman–Crippen MR) is 45.4 cm³/mol. The van der Waals surface area contributed by atoms with Gasteiger partial charge in [0.2, 0.25) is 0 Å². The van der Waals surface area contributed by atoms with Gasteiger partial charge >= 0.3 is 0 Å². The van der Waals surface area contributed by atoms with Gasteiger partial charge in [-0.25, -0.2) is 0 Å². The van der Waals surface area contributed by atoms with Crippen LogP contribution in [0.1, 0.15) is 33.1 Å². The number of hydrogen-bond acceptors (Lipinski definition) is 1. The topological polar surface area (TPSA) is 20.2 Å². The van der Waals surface area contributed by atoms with Gasteiger partial charge in [0.05, 0.1) is 6.10 Å². The molecule has 0 bridgehead atoms. The molecule has 0 aliphatic carbocycles. The van der Waals surface area contributed by atoms with E-state index in [1.807, 2.05) is 0 Å². The molecule has 0 spiro atoms. The third kappa shape index (κ3) is 6.37. The molecule has 0 rings (SSSR count). The number of aliphatic hydroxyl groups excluding tert-OH is 1. The fraction of sp³-hybridized carbons (Fsp3) is 1.00. The first kappa shape index (κ1) is 10.2. The minimum absolute atomic E-state index is 0.140. The van der Waals surface area contributed by atoms with E-state index in [1.165, 1.54) is 0 Å². The molecule has 0 heterocycles. The average molecular weight is 165 g/mol. The molecule has 0 saturated carbocycles. The molecule has 62 valence electrons. The zero-order chi connectivity index (χ0) is 7.98. The second-order valence-corrected chi connectivity index (χ2v) is 3.49. The monoisotopic (exact) mass is 164 g/mol. The van der Waals surface area contributed by atoms with Gasteiger partial charge in [0.1, 0.15) is 0 Å². The van der Waals surface area contributed by atoms with Gasteiger partial charge in [-0.1, -0.05) is 13.8 Å². The van der Waals surface area contributed by atoms with E-state index in [0.717, 1.165) is 19.3 Å². The Hall–Kier alpha value is 0.250. The quantitative estimate of drug-likeness (QED) is 0.619. The third-order valence-electron chi connectivity index (χ3n) is 1.41. The maximum atomic E-state index is 9.29. The maximum Gasteiger partial charge on any atom is 0.0543 e. The van der Waals surface area contributed by atoms with Crippen molar-refractivity contribution in [2.75, 3.05) is 5.88 Å². The van der Waals surface area contributed by atoms with Crippen molar-refractivity contribution in [3.05, 3.63) is 0 Å². The first-order chi connectivity index (χ1) is 4.66. The van der Waals surface area contributed by atoms with Crippen LogP contribution in [0.3, 0.4) is 0 Å². The van der Waals surface area contributed by atoms with E-state index in [-0.39, 0.29) is 6.10 Å². The molecule has 0 aromatic carbocycles. The predicted octanol–water partition coefficient (Wildman–Crippen LogP) is 2.41. The van der Waals surface area contributed by atoms with Crippen LogP contribution in [0.15, 0.2) is 0 Å². The highest BCUT2D eigenvalue weighted by Gasteiger charge is 2.05. The summed E-state index contributed by atoms with van der Waals surface area (Å²) >= 11 is 5.47. The molecule has 0 amide bonds. The van der Waals surface area contributed by atoms with Crippen molar-refractivity contribution in [3.8, 4) is 0 Å². The standard InChI is InChI=1S/C8H17ClO/c1-7(2)6-8(10)4-3-5-9/h7-8,10H,3-6H2,1-2H3. The van der Waals surface area contributed by atoms with Crippen LogP contribution in [-0.4, -0.2) is 17.1 Å². The number of rotatable bonds is 5. The van der Waals surface area contributed by atoms with Crippen LogP contribution in [0.5, 0.6) is 0 Å². The molecular formula is C8H17ClO. The third-order valence-corrected chi connectivity index (χ3v) is 1.68. The summed E-state index contributed by atoms with van der Waals surface area (Å²) in [4.78, 5) is 0. The van der Waals surface area contributed by atoms with Gasteiger partial charge in [-0.15, -0.1) is 11.6 Å². The molecule has 1 nitrogen and oxygen atoms in total. The highest BCUT2D eigenvalue weighted by Crippen LogP contribution is 2.09. The highest BCUT2D eigenvalue weighted by molar-refractivity contribution is 6.17. The molecule has 0 aromatic heterocycles. The molecule has 1 unspecified atom stereocenters. The van der Waals surface area contributed by atoms with Gasteiger partial charge in [-0.05, 0) is 25.2 Å². The number of aliphatic hydroxyl groups is 1. The van der Waals surface area contributed by atoms with E-state index in [9.17, 15) is 5.11 Å². The van der Waals surface area contributed by atoms with Crippen molar-refractivity contribution in [1.29, 1.82) is 0 Å². The van der Waals surface area contributed by atoms with E-state index in [1.54, 1.807) is 0 Å². The Morgan fingerprint density at radius 1 is 1.40 bits per heavy atom. The molecule has 1 N–H and O–H groups in total. The van der Waals surface area contributed by atoms with Gasteiger partial charge in [0, 0.05) is 5.88 Å². The second kappa shape index (κ2) is 5.99. The van der Waals surface area contributed by atoms with Crippen LogP contribution in [0.25, 0.3) is 0 Å². The van der Waals surface area contributed by atoms with Crippen molar-refractivity contribution < 1.29 is 5.11 Å². The first-order valence-corrected chi connectivity index (χ1v) is 4.44. The summed E-state index contributed by atoms with van der Waals surface area (Å²) in [7, 11) is 0. The second-order valence-electron chi connectivity index (χ2n) is 3.11. The molecule has 0 radical (unpaired) electrons. The Morgan fingerprint density at radius 3 is 2.40 bits per heavy atom. The summed E-state index contributed by atoms with van der Waals surface area (Å²) in [5.74, 6) is 1.25. The lowest BCUT2D eigenvalue weighted by Gasteiger charge is -2.11. The molecule has 0 aliphatic rings. The van der Waals surface area contributed by atoms with E-state index in [2.05, 4.69) is 13.8 Å². The summed E-state index contributed by atoms with van der Waals surface area (Å²) in [6, 6.07) is 0. The van der Waals surface area contributed by atoms with Crippen molar-refractivity contribution in [1.82, 2.24) is 0 Å². The van der Waals surface area contributed by atoms with Crippen LogP contribution >= 0.6 is 11.6 Å². The molecule has 10 heavy (non-hydrogen) atoms. The van der Waals surface area contributed by atoms with Gasteiger partial charge in [-0.3, -0.25) is 0 Å². The zero-order valence-electron chi connectivity index (χ0n) is 6.81. The molecular weight excluding hydrogens is 148 g/mol. The summed E-state index contributed by atoms with van der Waals surface area (Å²) < 4.78 is 0. The summed E-state index contributed by atoms with van der Waals surface area (Å²) in [6.07, 6.45) is 2.53. The fourth-order valence-corrected chi connectivity index (χ4v) is 1.13. The summed E-state index contributed by atoms with van der Waals surface area (Å²) in [5, 5.41) is 9.29. The van der Waals surface area contributed by atoms with Crippen molar-refractivity contribution in [3.63, 3.8) is 0 Å². The van der Waals surface area contributed by atoms with E-state index in [4.69, 9.17) is 11.6 Å². The molecule has 0 fully saturated rings. The Kier molecular flexibility index (Phi) is 6.14. The summed E-state index contributed by atoms with van der Waals surface area (Å²) in [6.45, 7) is 4.23. The normalized spacial score (nSPS) is 14.1. The molecule has 1 atom stereocenters. The lowest BCUT2D eigenvalue weighted by molar-refractivity contribution is 0.139. The Labute approximate surface area is 68.4 Å². The first-order valence-electron chi connectivity index (χ1n) is 3.90. The van der Waals surface area contributed by atoms with Gasteiger partial charge in [0.15, 0.2) is 0 Å². The number of hydrogen-bond donors (Lipinski definition) is 1. The van der Waals surface area contributed by atoms with Crippen LogP contribution in [0.4, 0.5) is 0 Å². The Bertz CT molecular complexity index is 73.7. The Balaban J connectivity index is 3.16. The van der Waals surface area contributed by atoms with Crippen LogP contribution in [-0.2, 0) is 0 Å². The Morgan fingerprint density at radius 2 is 2.00 bits per heavy atom. The largest absolute Gasteiger partial charge is 0.393 e. The smallest absolute Gasteiger partial charge is 0.0543 e. The fourth-order valence-electron chi connectivity index (χ4n) is 0.975. The number of alkyl halides is 1. The zero-order valence-corrected chi connectivity index (χ0v) is 7.56. The van der Waals surface area contributed by atoms with Gasteiger partial charge < -0.3 is 5.11 Å². The van der Waals surface area contributed by atoms with Gasteiger partial charge in [0.25, 0.3) is 0 Å². The van der Waals surface area contributed by atoms with Crippen LogP contribution < -0.4 is 0 Å². The van der Waals surface area contributed by atoms with Crippen molar-refractivity contribution in [2.24, 2.45) is 5.92 Å². The van der Waals surface area contributed by atoms with Crippen LogP contribution in [0.2, 0.25) is 0 Å². The minimum Gasteiger partial charge on any atom is -0.393 e. The maximum absolute atomic E-state index is 9.29. The molecule has 2 heteroatoms. The SMILES string of the molecule is CC(C)CC(O)CCCCl. The molecule has 0 aliphatic heterocycles. The lowest BCUT2D eigenvalue weighted by Crippen LogP contribution is -2.09. The van der Waals surface area contributed by atoms with Crippen LogP contribution in [0, 0.1) is 5.92 Å². The lowest BCUT2D eigenvalue weighted by atomic mass is 10.0. The highest BCUT2D eigenvalue weighted by atomic mass is 35.5. The molecule has 0 aromatic rings. The van der Waals surface area contributed by atoms with Gasteiger partial charge in [-0.2, -0.15) is 0 Å². The van der Waals surface area contributed by atoms with Crippen molar-refractivity contribution in [2.45, 2.75) is 39.2 Å². The van der Waals surface area contributed by atoms with E-state index in [0.29, 0.717) is 11.8 Å². The molecule has 0 saturated heterocycles. The van der Waals surface area contributed by atoms with E-state index >= 15 is 0 Å². The van der Waals surface area contributed by atoms with Crippen molar-refractivity contribution >= 4 is 11.6 Å². The number of halogens is 1. The van der Waals surface area contributed by atoms with E-state index < -0.39 is 0 Å².